The van der Waals surface area contributed by atoms with Crippen molar-refractivity contribution < 1.29 is 14.3 Å². The van der Waals surface area contributed by atoms with E-state index >= 15 is 0 Å². The van der Waals surface area contributed by atoms with E-state index in [1.54, 1.807) is 18.2 Å². The first-order chi connectivity index (χ1) is 15.1. The zero-order valence-electron chi connectivity index (χ0n) is 17.6. The Hall–Kier alpha value is -3.60. The molecule has 0 aliphatic heterocycles. The lowest BCUT2D eigenvalue weighted by molar-refractivity contribution is 0.0950. The molecule has 1 aromatic heterocycles. The van der Waals surface area contributed by atoms with Crippen LogP contribution in [-0.2, 0) is 6.42 Å². The highest BCUT2D eigenvalue weighted by Gasteiger charge is 2.10. The number of amides is 1. The van der Waals surface area contributed by atoms with Gasteiger partial charge in [0.1, 0.15) is 11.3 Å². The molecule has 0 atom stereocenters. The number of carbonyl (C=O) groups excluding carboxylic acids is 1. The van der Waals surface area contributed by atoms with Crippen molar-refractivity contribution in [1.29, 1.82) is 0 Å². The maximum Gasteiger partial charge on any atom is 0.255 e. The van der Waals surface area contributed by atoms with Crippen LogP contribution in [0, 0.1) is 6.92 Å². The fraction of sp³-hybridized carbons (Fsp3) is 0.231. The monoisotopic (exact) mass is 414 g/mol. The predicted molar refractivity (Wildman–Crippen MR) is 122 cm³/mol. The summed E-state index contributed by atoms with van der Waals surface area (Å²) in [6.07, 6.45) is 3.88. The number of phenols is 1. The molecular weight excluding hydrogens is 388 g/mol. The number of fused-ring (bicyclic) bond motifs is 1. The molecule has 0 aliphatic carbocycles. The highest BCUT2D eigenvalue weighted by molar-refractivity contribution is 5.96. The molecular formula is C26H26N2O3. The summed E-state index contributed by atoms with van der Waals surface area (Å²) in [5, 5.41) is 12.6. The number of aromatic hydroxyl groups is 1. The fourth-order valence-electron chi connectivity index (χ4n) is 3.54. The molecule has 0 aliphatic rings. The summed E-state index contributed by atoms with van der Waals surface area (Å²) >= 11 is 0. The van der Waals surface area contributed by atoms with Crippen LogP contribution >= 0.6 is 0 Å². The van der Waals surface area contributed by atoms with Gasteiger partial charge in [-0.2, -0.15) is 0 Å². The minimum Gasteiger partial charge on any atom is -0.507 e. The number of hydrogen-bond acceptors (Lipinski definition) is 4. The Morgan fingerprint density at radius 3 is 2.61 bits per heavy atom. The normalized spacial score (nSPS) is 11.0. The van der Waals surface area contributed by atoms with Gasteiger partial charge in [0.15, 0.2) is 5.58 Å². The molecule has 1 heterocycles. The minimum absolute atomic E-state index is 0.00813. The van der Waals surface area contributed by atoms with E-state index in [1.165, 1.54) is 17.2 Å². The van der Waals surface area contributed by atoms with Crippen LogP contribution in [0.5, 0.6) is 5.75 Å². The Labute approximate surface area is 181 Å². The van der Waals surface area contributed by atoms with E-state index in [2.05, 4.69) is 41.5 Å². The number of nitrogens with one attached hydrogen (secondary N) is 1. The first kappa shape index (κ1) is 20.7. The number of oxazole rings is 1. The second kappa shape index (κ2) is 9.47. The number of benzene rings is 3. The largest absolute Gasteiger partial charge is 0.507 e. The summed E-state index contributed by atoms with van der Waals surface area (Å²) in [5.74, 6) is 0.417. The lowest BCUT2D eigenvalue weighted by atomic mass is 10.1. The number of phenolic OH excluding ortho intramolecular Hbond substituents is 1. The lowest BCUT2D eigenvalue weighted by Gasteiger charge is -2.06. The molecule has 5 heteroatoms. The van der Waals surface area contributed by atoms with Crippen molar-refractivity contribution in [1.82, 2.24) is 10.3 Å². The van der Waals surface area contributed by atoms with Crippen molar-refractivity contribution in [2.45, 2.75) is 32.6 Å². The van der Waals surface area contributed by atoms with Crippen molar-refractivity contribution in [2.75, 3.05) is 6.54 Å². The third kappa shape index (κ3) is 5.12. The summed E-state index contributed by atoms with van der Waals surface area (Å²) in [4.78, 5) is 16.7. The van der Waals surface area contributed by atoms with Gasteiger partial charge in [-0.15, -0.1) is 0 Å². The van der Waals surface area contributed by atoms with E-state index in [-0.39, 0.29) is 11.7 Å². The first-order valence-corrected chi connectivity index (χ1v) is 10.6. The van der Waals surface area contributed by atoms with Crippen LogP contribution in [0.4, 0.5) is 0 Å². The van der Waals surface area contributed by atoms with Gasteiger partial charge in [0.2, 0.25) is 5.89 Å². The van der Waals surface area contributed by atoms with Crippen LogP contribution in [0.15, 0.2) is 71.1 Å². The number of aryl methyl sites for hydroxylation is 2. The third-order valence-corrected chi connectivity index (χ3v) is 5.33. The molecule has 0 saturated carbocycles. The van der Waals surface area contributed by atoms with E-state index in [0.717, 1.165) is 42.3 Å². The third-order valence-electron chi connectivity index (χ3n) is 5.33. The van der Waals surface area contributed by atoms with Crippen molar-refractivity contribution >= 4 is 17.0 Å². The van der Waals surface area contributed by atoms with Gasteiger partial charge in [0, 0.05) is 12.1 Å². The molecule has 1 amide bonds. The van der Waals surface area contributed by atoms with Crippen LogP contribution in [0.3, 0.4) is 0 Å². The van der Waals surface area contributed by atoms with Crippen LogP contribution in [-0.4, -0.2) is 22.5 Å². The van der Waals surface area contributed by atoms with Crippen LogP contribution in [0.1, 0.15) is 40.7 Å². The highest BCUT2D eigenvalue weighted by atomic mass is 16.3. The molecule has 0 unspecified atom stereocenters. The van der Waals surface area contributed by atoms with E-state index in [9.17, 15) is 9.90 Å². The van der Waals surface area contributed by atoms with Crippen molar-refractivity contribution in [3.63, 3.8) is 0 Å². The van der Waals surface area contributed by atoms with Crippen molar-refractivity contribution in [2.24, 2.45) is 0 Å². The van der Waals surface area contributed by atoms with Gasteiger partial charge in [-0.3, -0.25) is 4.79 Å². The standard InChI is InChI=1S/C26H26N2O3/c1-18-10-13-20(14-11-18)26-28-22-17-19(12-15-24(22)31-26)7-3-2-6-16-27-25(30)21-8-4-5-9-23(21)29/h4-5,8-15,17,29H,2-3,6-7,16H2,1H3,(H,27,30). The molecule has 5 nitrogen and oxygen atoms in total. The number of unbranched alkanes of at least 4 members (excludes halogenated alkanes) is 2. The number of hydrogen-bond donors (Lipinski definition) is 2. The summed E-state index contributed by atoms with van der Waals surface area (Å²) in [5.41, 5.74) is 5.41. The summed E-state index contributed by atoms with van der Waals surface area (Å²) < 4.78 is 5.90. The van der Waals surface area contributed by atoms with Crippen LogP contribution in [0.25, 0.3) is 22.6 Å². The van der Waals surface area contributed by atoms with E-state index in [4.69, 9.17) is 4.42 Å². The number of carbonyl (C=O) groups is 1. The van der Waals surface area contributed by atoms with Crippen LogP contribution < -0.4 is 5.32 Å². The van der Waals surface area contributed by atoms with Gasteiger partial charge >= 0.3 is 0 Å². The second-order valence-corrected chi connectivity index (χ2v) is 7.77. The molecule has 4 aromatic rings. The molecule has 4 rings (SSSR count). The zero-order chi connectivity index (χ0) is 21.6. The van der Waals surface area contributed by atoms with E-state index in [1.807, 2.05) is 18.2 Å². The second-order valence-electron chi connectivity index (χ2n) is 7.77. The van der Waals surface area contributed by atoms with Gasteiger partial charge in [0.25, 0.3) is 5.91 Å². The summed E-state index contributed by atoms with van der Waals surface area (Å²) in [7, 11) is 0. The fourth-order valence-corrected chi connectivity index (χ4v) is 3.54. The first-order valence-electron chi connectivity index (χ1n) is 10.6. The minimum atomic E-state index is -0.237. The molecule has 31 heavy (non-hydrogen) atoms. The summed E-state index contributed by atoms with van der Waals surface area (Å²) in [6.45, 7) is 2.65. The Bertz CT molecular complexity index is 1180. The lowest BCUT2D eigenvalue weighted by Crippen LogP contribution is -2.24. The van der Waals surface area contributed by atoms with Crippen molar-refractivity contribution in [3.8, 4) is 17.2 Å². The Balaban J connectivity index is 1.25. The highest BCUT2D eigenvalue weighted by Crippen LogP contribution is 2.25. The predicted octanol–water partition coefficient (Wildman–Crippen LogP) is 5.65. The van der Waals surface area contributed by atoms with Gasteiger partial charge in [0.05, 0.1) is 5.56 Å². The molecule has 2 N–H and O–H groups in total. The number of rotatable bonds is 8. The van der Waals surface area contributed by atoms with Gasteiger partial charge in [-0.1, -0.05) is 42.3 Å². The molecule has 0 bridgehead atoms. The average Bonchev–Trinajstić information content (AvgIpc) is 3.20. The SMILES string of the molecule is Cc1ccc(-c2nc3cc(CCCCCNC(=O)c4ccccc4O)ccc3o2)cc1. The van der Waals surface area contributed by atoms with Gasteiger partial charge in [-0.25, -0.2) is 4.98 Å². The Morgan fingerprint density at radius 1 is 1.00 bits per heavy atom. The van der Waals surface area contributed by atoms with E-state index < -0.39 is 0 Å². The van der Waals surface area contributed by atoms with Crippen molar-refractivity contribution in [3.05, 3.63) is 83.4 Å². The molecule has 0 radical (unpaired) electrons. The van der Waals surface area contributed by atoms with Gasteiger partial charge < -0.3 is 14.8 Å². The topological polar surface area (TPSA) is 75.4 Å². The van der Waals surface area contributed by atoms with Crippen LogP contribution in [0.2, 0.25) is 0 Å². The molecule has 3 aromatic carbocycles. The number of nitrogens with zero attached hydrogens (tertiary/aromatic N) is 1. The smallest absolute Gasteiger partial charge is 0.255 e. The van der Waals surface area contributed by atoms with E-state index in [0.29, 0.717) is 18.0 Å². The Kier molecular flexibility index (Phi) is 6.32. The maximum absolute atomic E-state index is 12.1. The average molecular weight is 415 g/mol. The maximum atomic E-state index is 12.1. The summed E-state index contributed by atoms with van der Waals surface area (Å²) in [6, 6.07) is 20.9. The quantitative estimate of drug-likeness (QED) is 0.365. The van der Waals surface area contributed by atoms with Gasteiger partial charge in [-0.05, 0) is 68.1 Å². The molecule has 0 fully saturated rings. The number of aromatic nitrogens is 1. The molecule has 0 spiro atoms. The molecule has 0 saturated heterocycles. The molecule has 158 valence electrons. The Morgan fingerprint density at radius 2 is 1.81 bits per heavy atom. The number of para-hydroxylation sites is 1. The zero-order valence-corrected chi connectivity index (χ0v) is 17.6.